The molecule has 0 aliphatic carbocycles. The molecule has 1 aliphatic rings. The van der Waals surface area contributed by atoms with Gasteiger partial charge < -0.3 is 4.90 Å². The number of benzene rings is 3. The van der Waals surface area contributed by atoms with Gasteiger partial charge in [-0.15, -0.1) is 21.5 Å². The van der Waals surface area contributed by atoms with Crippen molar-refractivity contribution < 1.29 is 4.79 Å². The largest absolute Gasteiger partial charge is 0.335 e. The number of aromatic nitrogens is 5. The molecule has 7 rings (SSSR count). The Kier molecular flexibility index (Phi) is 9.44. The Balaban J connectivity index is 1.04. The van der Waals surface area contributed by atoms with Crippen LogP contribution in [0.25, 0.3) is 17.1 Å². The first kappa shape index (κ1) is 31.3. The molecule has 1 amide bonds. The molecule has 4 heterocycles. The lowest BCUT2D eigenvalue weighted by molar-refractivity contribution is 0.0592. The zero-order chi connectivity index (χ0) is 32.2. The summed E-state index contributed by atoms with van der Waals surface area (Å²) in [5.41, 5.74) is 5.81. The van der Waals surface area contributed by atoms with Crippen LogP contribution in [0.4, 0.5) is 0 Å². The summed E-state index contributed by atoms with van der Waals surface area (Å²) in [6, 6.07) is 31.0. The van der Waals surface area contributed by atoms with Crippen molar-refractivity contribution in [3.8, 4) is 17.1 Å². The van der Waals surface area contributed by atoms with Gasteiger partial charge in [0, 0.05) is 54.5 Å². The van der Waals surface area contributed by atoms with Crippen LogP contribution in [0.1, 0.15) is 38.2 Å². The predicted molar refractivity (Wildman–Crippen MR) is 188 cm³/mol. The van der Waals surface area contributed by atoms with Gasteiger partial charge >= 0.3 is 0 Å². The molecule has 3 aromatic carbocycles. The fraction of sp³-hybridized carbons (Fsp3) is 0.194. The van der Waals surface area contributed by atoms with Gasteiger partial charge in [-0.1, -0.05) is 90.1 Å². The number of thioether (sulfide) groups is 1. The molecule has 1 aliphatic heterocycles. The number of nitrogens with zero attached hydrogens (tertiary/aromatic N) is 7. The summed E-state index contributed by atoms with van der Waals surface area (Å²) >= 11 is 9.43. The van der Waals surface area contributed by atoms with E-state index in [1.165, 1.54) is 34.2 Å². The first-order valence-electron chi connectivity index (χ1n) is 15.4. The number of carbonyl (C=O) groups excluding carboxylic acids is 1. The van der Waals surface area contributed by atoms with Crippen LogP contribution < -0.4 is 0 Å². The number of thiazole rings is 1. The summed E-state index contributed by atoms with van der Waals surface area (Å²) in [6.07, 6.45) is 3.51. The van der Waals surface area contributed by atoms with E-state index < -0.39 is 0 Å². The summed E-state index contributed by atoms with van der Waals surface area (Å²) in [7, 11) is 0. The Bertz CT molecular complexity index is 1920. The van der Waals surface area contributed by atoms with Crippen LogP contribution in [0.3, 0.4) is 0 Å². The first-order chi connectivity index (χ1) is 23.0. The maximum absolute atomic E-state index is 13.6. The Morgan fingerprint density at radius 2 is 1.64 bits per heavy atom. The van der Waals surface area contributed by atoms with Crippen molar-refractivity contribution in [3.05, 3.63) is 141 Å². The first-order valence-corrected chi connectivity index (χ1v) is 17.6. The third kappa shape index (κ3) is 6.87. The third-order valence-corrected chi connectivity index (χ3v) is 10.5. The molecule has 0 N–H and O–H groups in total. The highest BCUT2D eigenvalue weighted by Crippen LogP contribution is 2.33. The average molecular weight is 678 g/mol. The van der Waals surface area contributed by atoms with E-state index in [-0.39, 0.29) is 11.9 Å². The summed E-state index contributed by atoms with van der Waals surface area (Å²) < 4.78 is 2.01. The number of rotatable bonds is 9. The molecule has 0 unspecified atom stereocenters. The van der Waals surface area contributed by atoms with E-state index in [1.807, 2.05) is 64.2 Å². The van der Waals surface area contributed by atoms with Gasteiger partial charge in [-0.3, -0.25) is 19.2 Å². The molecule has 0 saturated carbocycles. The molecule has 236 valence electrons. The zero-order valence-corrected chi connectivity index (χ0v) is 28.1. The molecular formula is C36H32ClN7OS2. The molecule has 6 aromatic rings. The second-order valence-electron chi connectivity index (χ2n) is 11.3. The average Bonchev–Trinajstić information content (AvgIpc) is 3.77. The van der Waals surface area contributed by atoms with E-state index in [2.05, 4.69) is 68.6 Å². The summed E-state index contributed by atoms with van der Waals surface area (Å²) in [5, 5.41) is 13.1. The Labute approximate surface area is 287 Å². The van der Waals surface area contributed by atoms with Gasteiger partial charge in [-0.05, 0) is 47.9 Å². The number of aryl methyl sites for hydroxylation is 1. The summed E-state index contributed by atoms with van der Waals surface area (Å²) in [4.78, 5) is 27.0. The quantitative estimate of drug-likeness (QED) is 0.146. The number of carbonyl (C=O) groups is 1. The third-order valence-electron chi connectivity index (χ3n) is 8.26. The monoisotopic (exact) mass is 677 g/mol. The lowest BCUT2D eigenvalue weighted by atomic mass is 9.96. The van der Waals surface area contributed by atoms with Crippen LogP contribution >= 0.6 is 34.7 Å². The lowest BCUT2D eigenvalue weighted by Gasteiger charge is -2.39. The minimum atomic E-state index is -0.0234. The predicted octanol–water partition coefficient (Wildman–Crippen LogP) is 7.59. The van der Waals surface area contributed by atoms with Crippen molar-refractivity contribution in [2.45, 2.75) is 23.9 Å². The van der Waals surface area contributed by atoms with Crippen LogP contribution in [0, 0.1) is 6.92 Å². The van der Waals surface area contributed by atoms with Gasteiger partial charge in [0.1, 0.15) is 10.7 Å². The van der Waals surface area contributed by atoms with Crippen molar-refractivity contribution in [2.75, 3.05) is 26.2 Å². The van der Waals surface area contributed by atoms with E-state index >= 15 is 0 Å². The summed E-state index contributed by atoms with van der Waals surface area (Å²) in [5.74, 6) is 1.21. The molecule has 0 spiro atoms. The van der Waals surface area contributed by atoms with Gasteiger partial charge in [0.25, 0.3) is 5.91 Å². The van der Waals surface area contributed by atoms with Crippen LogP contribution in [-0.4, -0.2) is 66.6 Å². The van der Waals surface area contributed by atoms with Crippen LogP contribution in [0.15, 0.2) is 114 Å². The lowest BCUT2D eigenvalue weighted by Crippen LogP contribution is -2.50. The van der Waals surface area contributed by atoms with Crippen LogP contribution in [0.5, 0.6) is 0 Å². The molecule has 0 radical (unpaired) electrons. The van der Waals surface area contributed by atoms with E-state index in [9.17, 15) is 4.79 Å². The fourth-order valence-electron chi connectivity index (χ4n) is 5.92. The highest BCUT2D eigenvalue weighted by Gasteiger charge is 2.29. The zero-order valence-electron chi connectivity index (χ0n) is 25.7. The molecule has 0 atom stereocenters. The molecule has 11 heteroatoms. The Morgan fingerprint density at radius 1 is 0.915 bits per heavy atom. The number of amides is 1. The molecule has 47 heavy (non-hydrogen) atoms. The van der Waals surface area contributed by atoms with Crippen molar-refractivity contribution in [3.63, 3.8) is 0 Å². The highest BCUT2D eigenvalue weighted by atomic mass is 35.5. The van der Waals surface area contributed by atoms with E-state index in [0.29, 0.717) is 40.5 Å². The SMILES string of the molecule is Cc1ccc(Cl)cc1-n1c(SCc2nc(C(=O)N3CCN(C(c4ccccc4)c4ccccc4)CC3)cs2)nnc1-c1cccnc1. The smallest absolute Gasteiger partial charge is 0.273 e. The second-order valence-corrected chi connectivity index (χ2v) is 13.6. The topological polar surface area (TPSA) is 80.0 Å². The molecule has 8 nitrogen and oxygen atoms in total. The van der Waals surface area contributed by atoms with E-state index in [1.54, 1.807) is 12.4 Å². The van der Waals surface area contributed by atoms with Crippen molar-refractivity contribution in [1.82, 2.24) is 34.5 Å². The van der Waals surface area contributed by atoms with Gasteiger partial charge in [0.2, 0.25) is 0 Å². The van der Waals surface area contributed by atoms with E-state index in [4.69, 9.17) is 16.6 Å². The van der Waals surface area contributed by atoms with Crippen LogP contribution in [-0.2, 0) is 5.75 Å². The van der Waals surface area contributed by atoms with Crippen LogP contribution in [0.2, 0.25) is 5.02 Å². The van der Waals surface area contributed by atoms with Crippen molar-refractivity contribution in [1.29, 1.82) is 0 Å². The Hall–Kier alpha value is -4.35. The number of hydrogen-bond acceptors (Lipinski definition) is 8. The normalized spacial score (nSPS) is 13.7. The van der Waals surface area contributed by atoms with Crippen molar-refractivity contribution in [2.24, 2.45) is 0 Å². The second kappa shape index (κ2) is 14.2. The van der Waals surface area contributed by atoms with Gasteiger partial charge in [0.15, 0.2) is 11.0 Å². The standard InChI is InChI=1S/C36H32ClN7OS2/c1-25-14-15-29(37)21-31(25)44-34(28-13-8-16-38-22-28)40-41-36(44)47-24-32-39-30(23-46-32)35(45)43-19-17-42(18-20-43)33(26-9-4-2-5-10-26)27-11-6-3-7-12-27/h2-16,21-23,33H,17-20,24H2,1H3. The highest BCUT2D eigenvalue weighted by molar-refractivity contribution is 7.98. The van der Waals surface area contributed by atoms with E-state index in [0.717, 1.165) is 34.9 Å². The van der Waals surface area contributed by atoms with Crippen molar-refractivity contribution >= 4 is 40.6 Å². The van der Waals surface area contributed by atoms with Gasteiger partial charge in [-0.25, -0.2) is 4.98 Å². The molecule has 1 saturated heterocycles. The minimum Gasteiger partial charge on any atom is -0.335 e. The molecule has 1 fully saturated rings. The molecule has 0 bridgehead atoms. The summed E-state index contributed by atoms with van der Waals surface area (Å²) in [6.45, 7) is 4.90. The van der Waals surface area contributed by atoms with Gasteiger partial charge in [0.05, 0.1) is 17.5 Å². The number of hydrogen-bond donors (Lipinski definition) is 0. The molecule has 3 aromatic heterocycles. The number of piperazine rings is 1. The maximum atomic E-state index is 13.6. The fourth-order valence-corrected chi connectivity index (χ4v) is 7.81. The maximum Gasteiger partial charge on any atom is 0.273 e. The molecular weight excluding hydrogens is 646 g/mol. The number of halogens is 1. The van der Waals surface area contributed by atoms with Gasteiger partial charge in [-0.2, -0.15) is 0 Å². The Morgan fingerprint density at radius 3 is 2.32 bits per heavy atom. The minimum absolute atomic E-state index is 0.0234. The number of pyridine rings is 1.